The predicted octanol–water partition coefficient (Wildman–Crippen LogP) is 6.11. The van der Waals surface area contributed by atoms with E-state index in [4.69, 9.17) is 0 Å². The van der Waals surface area contributed by atoms with Gasteiger partial charge in [0, 0.05) is 32.0 Å². The minimum Gasteiger partial charge on any atom is -0.352 e. The Bertz CT molecular complexity index is 1510. The van der Waals surface area contributed by atoms with Crippen molar-refractivity contribution in [3.8, 4) is 0 Å². The molecule has 3 aromatic carbocycles. The number of rotatable bonds is 14. The van der Waals surface area contributed by atoms with Crippen LogP contribution >= 0.6 is 0 Å². The fraction of sp³-hybridized carbons (Fsp3) is 0.394. The first-order valence-electron chi connectivity index (χ1n) is 14.5. The van der Waals surface area contributed by atoms with Gasteiger partial charge in [-0.3, -0.25) is 13.9 Å². The molecule has 0 aromatic heterocycles. The Labute approximate surface area is 258 Å². The average Bonchev–Trinajstić information content (AvgIpc) is 2.97. The van der Waals surface area contributed by atoms with E-state index in [2.05, 4.69) is 5.32 Å². The molecule has 2 atom stereocenters. The van der Waals surface area contributed by atoms with Crippen molar-refractivity contribution in [2.24, 2.45) is 0 Å². The van der Waals surface area contributed by atoms with Gasteiger partial charge < -0.3 is 10.2 Å². The first-order chi connectivity index (χ1) is 20.7. The highest BCUT2D eigenvalue weighted by atomic mass is 32.2. The number of nitrogens with zero attached hydrogens (tertiary/aromatic N) is 2. The Hall–Kier alpha value is -3.86. The summed E-state index contributed by atoms with van der Waals surface area (Å²) >= 11 is 0. The molecule has 11 heteroatoms. The van der Waals surface area contributed by atoms with Gasteiger partial charge in [-0.25, -0.2) is 8.42 Å². The second-order valence-electron chi connectivity index (χ2n) is 11.0. The van der Waals surface area contributed by atoms with E-state index in [0.717, 1.165) is 45.5 Å². The number of amides is 2. The second kappa shape index (κ2) is 15.2. The lowest BCUT2D eigenvalue weighted by atomic mass is 10.0. The van der Waals surface area contributed by atoms with E-state index >= 15 is 0 Å². The number of benzene rings is 3. The fourth-order valence-electron chi connectivity index (χ4n) is 4.81. The molecule has 0 aliphatic rings. The van der Waals surface area contributed by atoms with Gasteiger partial charge in [-0.2, -0.15) is 13.2 Å². The molecule has 0 aliphatic carbocycles. The van der Waals surface area contributed by atoms with Crippen molar-refractivity contribution >= 4 is 27.5 Å². The summed E-state index contributed by atoms with van der Waals surface area (Å²) in [4.78, 5) is 29.1. The van der Waals surface area contributed by atoms with Crippen LogP contribution in [0.5, 0.6) is 0 Å². The molecule has 1 N–H and O–H groups in total. The van der Waals surface area contributed by atoms with Crippen LogP contribution in [0.25, 0.3) is 0 Å². The van der Waals surface area contributed by atoms with Crippen LogP contribution in [0.3, 0.4) is 0 Å². The number of sulfonamides is 1. The van der Waals surface area contributed by atoms with Gasteiger partial charge >= 0.3 is 6.18 Å². The molecule has 0 aliphatic heterocycles. The number of halogens is 3. The largest absolute Gasteiger partial charge is 0.416 e. The third kappa shape index (κ3) is 9.83. The molecule has 0 fully saturated rings. The average molecular weight is 632 g/mol. The monoisotopic (exact) mass is 631 g/mol. The molecule has 0 bridgehead atoms. The van der Waals surface area contributed by atoms with Gasteiger partial charge in [0.25, 0.3) is 0 Å². The van der Waals surface area contributed by atoms with E-state index in [1.165, 1.54) is 11.0 Å². The number of hydrogen-bond acceptors (Lipinski definition) is 4. The SMILES string of the molecule is CC[C@@H](C)NC(=O)[C@@H](Cc1ccccc1)N(Cc1ccccc1C)C(=O)CCCN(c1cccc(C(F)(F)F)c1)S(C)(=O)=O. The van der Waals surface area contributed by atoms with Crippen LogP contribution in [0.15, 0.2) is 78.9 Å². The molecule has 3 rings (SSSR count). The minimum absolute atomic E-state index is 0.0253. The second-order valence-corrected chi connectivity index (χ2v) is 12.9. The highest BCUT2D eigenvalue weighted by Gasteiger charge is 2.33. The summed E-state index contributed by atoms with van der Waals surface area (Å²) in [5.41, 5.74) is 1.56. The van der Waals surface area contributed by atoms with E-state index in [-0.39, 0.29) is 55.9 Å². The van der Waals surface area contributed by atoms with Gasteiger partial charge in [-0.1, -0.05) is 67.6 Å². The number of alkyl halides is 3. The van der Waals surface area contributed by atoms with E-state index in [1.54, 1.807) is 0 Å². The predicted molar refractivity (Wildman–Crippen MR) is 166 cm³/mol. The molecular formula is C33H40F3N3O4S. The molecule has 44 heavy (non-hydrogen) atoms. The third-order valence-electron chi connectivity index (χ3n) is 7.49. The number of hydrogen-bond donors (Lipinski definition) is 1. The normalized spacial score (nSPS) is 13.2. The van der Waals surface area contributed by atoms with E-state index in [9.17, 15) is 31.2 Å². The van der Waals surface area contributed by atoms with E-state index in [0.29, 0.717) is 6.42 Å². The lowest BCUT2D eigenvalue weighted by Crippen LogP contribution is -2.52. The molecule has 0 heterocycles. The number of carbonyl (C=O) groups excluding carboxylic acids is 2. The molecule has 0 saturated heterocycles. The van der Waals surface area contributed by atoms with Crippen LogP contribution in [-0.2, 0) is 38.8 Å². The van der Waals surface area contributed by atoms with Gasteiger partial charge in [0.05, 0.1) is 17.5 Å². The Kier molecular flexibility index (Phi) is 12.0. The maximum atomic E-state index is 13.9. The zero-order valence-electron chi connectivity index (χ0n) is 25.5. The Balaban J connectivity index is 1.91. The van der Waals surface area contributed by atoms with Crippen molar-refractivity contribution in [3.05, 3.63) is 101 Å². The van der Waals surface area contributed by atoms with Crippen LogP contribution < -0.4 is 9.62 Å². The third-order valence-corrected chi connectivity index (χ3v) is 8.68. The van der Waals surface area contributed by atoms with Crippen molar-refractivity contribution in [1.29, 1.82) is 0 Å². The van der Waals surface area contributed by atoms with Crippen LogP contribution in [0.4, 0.5) is 18.9 Å². The smallest absolute Gasteiger partial charge is 0.352 e. The van der Waals surface area contributed by atoms with Crippen LogP contribution in [0.1, 0.15) is 55.4 Å². The number of aryl methyl sites for hydroxylation is 1. The standard InChI is InChI=1S/C33H40F3N3O4S/c1-5-25(3)37-32(41)30(21-26-14-7-6-8-15-26)38(23-27-16-10-9-13-24(27)2)31(40)19-12-20-39(44(4,42)43)29-18-11-17-28(22-29)33(34,35)36/h6-11,13-18,22,25,30H,5,12,19-21,23H2,1-4H3,(H,37,41)/t25-,30-/m1/s1. The lowest BCUT2D eigenvalue weighted by molar-refractivity contribution is -0.141. The summed E-state index contributed by atoms with van der Waals surface area (Å²) in [5, 5.41) is 3.01. The Morgan fingerprint density at radius 2 is 1.61 bits per heavy atom. The molecular weight excluding hydrogens is 591 g/mol. The first-order valence-corrected chi connectivity index (χ1v) is 16.4. The molecule has 3 aromatic rings. The highest BCUT2D eigenvalue weighted by Crippen LogP contribution is 2.32. The summed E-state index contributed by atoms with van der Waals surface area (Å²) in [6, 6.07) is 20.0. The van der Waals surface area contributed by atoms with Crippen molar-refractivity contribution in [2.75, 3.05) is 17.1 Å². The van der Waals surface area contributed by atoms with Crippen molar-refractivity contribution in [1.82, 2.24) is 10.2 Å². The van der Waals surface area contributed by atoms with Gasteiger partial charge in [-0.15, -0.1) is 0 Å². The minimum atomic E-state index is -4.64. The fourth-order valence-corrected chi connectivity index (χ4v) is 5.76. The summed E-state index contributed by atoms with van der Waals surface area (Å²) < 4.78 is 66.1. The maximum absolute atomic E-state index is 13.9. The van der Waals surface area contributed by atoms with Crippen LogP contribution in [0.2, 0.25) is 0 Å². The van der Waals surface area contributed by atoms with E-state index < -0.39 is 27.8 Å². The van der Waals surface area contributed by atoms with Gasteiger partial charge in [0.1, 0.15) is 6.04 Å². The summed E-state index contributed by atoms with van der Waals surface area (Å²) in [6.45, 7) is 5.69. The number of carbonyl (C=O) groups is 2. The zero-order chi connectivity index (χ0) is 32.5. The van der Waals surface area contributed by atoms with Gasteiger partial charge in [0.2, 0.25) is 21.8 Å². The van der Waals surface area contributed by atoms with Crippen molar-refractivity contribution < 1.29 is 31.2 Å². The molecule has 0 radical (unpaired) electrons. The van der Waals surface area contributed by atoms with Crippen LogP contribution in [-0.4, -0.2) is 50.0 Å². The Morgan fingerprint density at radius 3 is 2.23 bits per heavy atom. The Morgan fingerprint density at radius 1 is 0.955 bits per heavy atom. The van der Waals surface area contributed by atoms with Gasteiger partial charge in [-0.05, 0) is 61.6 Å². The topological polar surface area (TPSA) is 86.8 Å². The maximum Gasteiger partial charge on any atom is 0.416 e. The molecule has 238 valence electrons. The van der Waals surface area contributed by atoms with Crippen molar-refractivity contribution in [3.63, 3.8) is 0 Å². The molecule has 0 unspecified atom stereocenters. The molecule has 0 spiro atoms. The molecule has 2 amide bonds. The quantitative estimate of drug-likeness (QED) is 0.233. The summed E-state index contributed by atoms with van der Waals surface area (Å²) in [6.07, 6.45) is -2.87. The van der Waals surface area contributed by atoms with Crippen molar-refractivity contribution in [2.45, 2.75) is 71.3 Å². The molecule has 7 nitrogen and oxygen atoms in total. The summed E-state index contributed by atoms with van der Waals surface area (Å²) in [5.74, 6) is -0.669. The first kappa shape index (κ1) is 34.6. The summed E-state index contributed by atoms with van der Waals surface area (Å²) in [7, 11) is -3.96. The number of nitrogens with one attached hydrogen (secondary N) is 1. The lowest BCUT2D eigenvalue weighted by Gasteiger charge is -2.33. The highest BCUT2D eigenvalue weighted by molar-refractivity contribution is 7.92. The zero-order valence-corrected chi connectivity index (χ0v) is 26.3. The van der Waals surface area contributed by atoms with E-state index in [1.807, 2.05) is 75.4 Å². The number of anilines is 1. The van der Waals surface area contributed by atoms with Gasteiger partial charge in [0.15, 0.2) is 0 Å². The molecule has 0 saturated carbocycles. The van der Waals surface area contributed by atoms with Crippen LogP contribution in [0, 0.1) is 6.92 Å².